The summed E-state index contributed by atoms with van der Waals surface area (Å²) in [4.78, 5) is 22.9. The summed E-state index contributed by atoms with van der Waals surface area (Å²) in [6.07, 6.45) is 0. The molecule has 9 heteroatoms. The fourth-order valence-corrected chi connectivity index (χ4v) is 2.86. The molecular formula is C17H15BrClN3O3S. The Bertz CT molecular complexity index is 831. The van der Waals surface area contributed by atoms with E-state index in [0.29, 0.717) is 22.1 Å². The van der Waals surface area contributed by atoms with Crippen molar-refractivity contribution in [2.45, 2.75) is 6.92 Å². The van der Waals surface area contributed by atoms with E-state index in [2.05, 4.69) is 31.9 Å². The summed E-state index contributed by atoms with van der Waals surface area (Å²) >= 11 is 14.4. The Kier molecular flexibility index (Phi) is 7.38. The smallest absolute Gasteiger partial charge is 0.264 e. The van der Waals surface area contributed by atoms with Gasteiger partial charge in [-0.2, -0.15) is 0 Å². The average Bonchev–Trinajstić information content (AvgIpc) is 2.55. The molecule has 0 aliphatic heterocycles. The van der Waals surface area contributed by atoms with Crippen LogP contribution in [0, 0.1) is 0 Å². The molecule has 6 nitrogen and oxygen atoms in total. The van der Waals surface area contributed by atoms with Gasteiger partial charge in [0, 0.05) is 22.8 Å². The maximum Gasteiger partial charge on any atom is 0.264 e. The Balaban J connectivity index is 1.81. The molecule has 136 valence electrons. The number of ether oxygens (including phenoxy) is 1. The lowest BCUT2D eigenvalue weighted by molar-refractivity contribution is -0.121. The summed E-state index contributed by atoms with van der Waals surface area (Å²) in [5.41, 5.74) is 1.33. The largest absolute Gasteiger partial charge is 0.482 e. The summed E-state index contributed by atoms with van der Waals surface area (Å²) in [5.74, 6) is -0.173. The molecule has 0 aliphatic carbocycles. The highest BCUT2D eigenvalue weighted by molar-refractivity contribution is 9.10. The van der Waals surface area contributed by atoms with Crippen molar-refractivity contribution in [3.63, 3.8) is 0 Å². The second-order valence-electron chi connectivity index (χ2n) is 5.12. The topological polar surface area (TPSA) is 79.5 Å². The highest BCUT2D eigenvalue weighted by Crippen LogP contribution is 2.27. The molecule has 0 bridgehead atoms. The van der Waals surface area contributed by atoms with E-state index in [1.54, 1.807) is 42.5 Å². The van der Waals surface area contributed by atoms with E-state index in [1.165, 1.54) is 6.92 Å². The van der Waals surface area contributed by atoms with E-state index in [9.17, 15) is 9.59 Å². The fourth-order valence-electron chi connectivity index (χ4n) is 1.90. The van der Waals surface area contributed by atoms with Gasteiger partial charge in [0.2, 0.25) is 5.91 Å². The first-order valence-electron chi connectivity index (χ1n) is 7.40. The van der Waals surface area contributed by atoms with Crippen molar-refractivity contribution in [3.05, 3.63) is 52.0 Å². The van der Waals surface area contributed by atoms with Gasteiger partial charge in [0.05, 0.1) is 5.02 Å². The molecule has 0 aliphatic rings. The zero-order chi connectivity index (χ0) is 19.1. The predicted octanol–water partition coefficient (Wildman–Crippen LogP) is 3.95. The highest BCUT2D eigenvalue weighted by atomic mass is 79.9. The van der Waals surface area contributed by atoms with E-state index in [-0.39, 0.29) is 17.6 Å². The summed E-state index contributed by atoms with van der Waals surface area (Å²) in [6, 6.07) is 12.0. The van der Waals surface area contributed by atoms with Crippen LogP contribution in [-0.4, -0.2) is 23.5 Å². The fraction of sp³-hybridized carbons (Fsp3) is 0.118. The zero-order valence-electron chi connectivity index (χ0n) is 13.6. The zero-order valence-corrected chi connectivity index (χ0v) is 16.8. The van der Waals surface area contributed by atoms with E-state index >= 15 is 0 Å². The first-order chi connectivity index (χ1) is 12.3. The van der Waals surface area contributed by atoms with E-state index in [1.807, 2.05) is 0 Å². The standard InChI is InChI=1S/C17H15BrClN3O3S/c1-10(23)20-12-3-5-13(6-4-12)21-17(26)22-16(24)9-25-15-7-2-11(18)8-14(15)19/h2-8H,9H2,1H3,(H,20,23)(H2,21,22,24,26). The molecule has 0 atom stereocenters. The first-order valence-corrected chi connectivity index (χ1v) is 8.98. The molecule has 0 radical (unpaired) electrons. The van der Waals surface area contributed by atoms with Crippen molar-refractivity contribution < 1.29 is 14.3 Å². The number of halogens is 2. The van der Waals surface area contributed by atoms with Gasteiger partial charge in [0.15, 0.2) is 11.7 Å². The Morgan fingerprint density at radius 2 is 1.73 bits per heavy atom. The monoisotopic (exact) mass is 455 g/mol. The van der Waals surface area contributed by atoms with Gasteiger partial charge in [-0.25, -0.2) is 0 Å². The predicted molar refractivity (Wildman–Crippen MR) is 110 cm³/mol. The molecule has 3 N–H and O–H groups in total. The number of hydrogen-bond donors (Lipinski definition) is 3. The van der Waals surface area contributed by atoms with Crippen molar-refractivity contribution >= 4 is 68.1 Å². The summed E-state index contributed by atoms with van der Waals surface area (Å²) in [6.45, 7) is 1.20. The normalized spacial score (nSPS) is 9.96. The van der Waals surface area contributed by atoms with Gasteiger partial charge in [0.1, 0.15) is 5.75 Å². The number of carbonyl (C=O) groups is 2. The van der Waals surface area contributed by atoms with E-state index in [0.717, 1.165) is 4.47 Å². The van der Waals surface area contributed by atoms with Crippen LogP contribution in [0.1, 0.15) is 6.92 Å². The summed E-state index contributed by atoms with van der Waals surface area (Å²) in [7, 11) is 0. The quantitative estimate of drug-likeness (QED) is 0.594. The Hall–Kier alpha value is -2.16. The molecule has 2 aromatic carbocycles. The molecule has 2 rings (SSSR count). The molecule has 2 aromatic rings. The van der Waals surface area contributed by atoms with E-state index in [4.69, 9.17) is 28.6 Å². The van der Waals surface area contributed by atoms with Crippen molar-refractivity contribution in [2.75, 3.05) is 17.2 Å². The van der Waals surface area contributed by atoms with Crippen molar-refractivity contribution in [1.29, 1.82) is 0 Å². The van der Waals surface area contributed by atoms with Gasteiger partial charge in [-0.3, -0.25) is 14.9 Å². The lowest BCUT2D eigenvalue weighted by Crippen LogP contribution is -2.37. The molecule has 2 amide bonds. The summed E-state index contributed by atoms with van der Waals surface area (Å²) < 4.78 is 6.18. The number of amides is 2. The van der Waals surface area contributed by atoms with Crippen molar-refractivity contribution in [3.8, 4) is 5.75 Å². The van der Waals surface area contributed by atoms with Gasteiger partial charge >= 0.3 is 0 Å². The SMILES string of the molecule is CC(=O)Nc1ccc(NC(=S)NC(=O)COc2ccc(Br)cc2Cl)cc1. The van der Waals surface area contributed by atoms with Crippen LogP contribution >= 0.6 is 39.7 Å². The molecule has 26 heavy (non-hydrogen) atoms. The van der Waals surface area contributed by atoms with Gasteiger partial charge < -0.3 is 15.4 Å². The lowest BCUT2D eigenvalue weighted by Gasteiger charge is -2.11. The van der Waals surface area contributed by atoms with Gasteiger partial charge in [-0.15, -0.1) is 0 Å². The van der Waals surface area contributed by atoms with Crippen LogP contribution in [0.4, 0.5) is 11.4 Å². The highest BCUT2D eigenvalue weighted by Gasteiger charge is 2.08. The van der Waals surface area contributed by atoms with Crippen LogP contribution in [0.3, 0.4) is 0 Å². The van der Waals surface area contributed by atoms with Crippen LogP contribution in [0.15, 0.2) is 46.9 Å². The Labute approximate surface area is 169 Å². The Morgan fingerprint density at radius 1 is 1.12 bits per heavy atom. The number of nitrogens with one attached hydrogen (secondary N) is 3. The number of rotatable bonds is 5. The molecule has 0 saturated heterocycles. The van der Waals surface area contributed by atoms with Crippen LogP contribution < -0.4 is 20.7 Å². The first kappa shape index (κ1) is 20.2. The van der Waals surface area contributed by atoms with Crippen molar-refractivity contribution in [2.24, 2.45) is 0 Å². The molecular weight excluding hydrogens is 442 g/mol. The third kappa shape index (κ3) is 6.62. The van der Waals surface area contributed by atoms with Crippen LogP contribution in [0.5, 0.6) is 5.75 Å². The van der Waals surface area contributed by atoms with Crippen LogP contribution in [0.25, 0.3) is 0 Å². The van der Waals surface area contributed by atoms with Crippen molar-refractivity contribution in [1.82, 2.24) is 5.32 Å². The minimum atomic E-state index is -0.420. The number of thiocarbonyl (C=S) groups is 1. The van der Waals surface area contributed by atoms with Crippen LogP contribution in [-0.2, 0) is 9.59 Å². The number of hydrogen-bond acceptors (Lipinski definition) is 4. The maximum atomic E-state index is 11.9. The third-order valence-electron chi connectivity index (χ3n) is 2.97. The second kappa shape index (κ2) is 9.51. The molecule has 0 saturated carbocycles. The number of benzene rings is 2. The molecule has 0 unspecified atom stereocenters. The maximum absolute atomic E-state index is 11.9. The molecule has 0 spiro atoms. The molecule has 0 aromatic heterocycles. The van der Waals surface area contributed by atoms with Crippen LogP contribution in [0.2, 0.25) is 5.02 Å². The minimum Gasteiger partial charge on any atom is -0.482 e. The lowest BCUT2D eigenvalue weighted by atomic mass is 10.3. The minimum absolute atomic E-state index is 0.132. The summed E-state index contributed by atoms with van der Waals surface area (Å²) in [5, 5.41) is 8.57. The number of anilines is 2. The average molecular weight is 457 g/mol. The van der Waals surface area contributed by atoms with E-state index < -0.39 is 5.91 Å². The molecule has 0 fully saturated rings. The Morgan fingerprint density at radius 3 is 2.31 bits per heavy atom. The molecule has 0 heterocycles. The van der Waals surface area contributed by atoms with Gasteiger partial charge in [-0.1, -0.05) is 27.5 Å². The van der Waals surface area contributed by atoms with Gasteiger partial charge in [0.25, 0.3) is 5.91 Å². The second-order valence-corrected chi connectivity index (χ2v) is 6.86. The number of carbonyl (C=O) groups excluding carboxylic acids is 2. The van der Waals surface area contributed by atoms with Gasteiger partial charge in [-0.05, 0) is 54.7 Å². The third-order valence-corrected chi connectivity index (χ3v) is 3.96.